The van der Waals surface area contributed by atoms with Gasteiger partial charge in [-0.2, -0.15) is 0 Å². The van der Waals surface area contributed by atoms with Gasteiger partial charge in [-0.25, -0.2) is 0 Å². The summed E-state index contributed by atoms with van der Waals surface area (Å²) in [4.78, 5) is 0. The minimum atomic E-state index is 1.03. The summed E-state index contributed by atoms with van der Waals surface area (Å²) in [6.07, 6.45) is 11.0. The summed E-state index contributed by atoms with van der Waals surface area (Å²) in [5, 5.41) is 3.42. The van der Waals surface area contributed by atoms with E-state index in [2.05, 4.69) is 12.2 Å². The zero-order valence-corrected chi connectivity index (χ0v) is 8.86. The molecule has 1 fully saturated rings. The van der Waals surface area contributed by atoms with Gasteiger partial charge in [-0.3, -0.25) is 0 Å². The molecule has 1 aliphatic rings. The first-order chi connectivity index (χ1) is 6.43. The molecule has 1 rings (SSSR count). The molecule has 0 aliphatic carbocycles. The van der Waals surface area contributed by atoms with Gasteiger partial charge in [0, 0.05) is 0 Å². The van der Waals surface area contributed by atoms with Crippen molar-refractivity contribution in [3.63, 3.8) is 0 Å². The topological polar surface area (TPSA) is 12.0 Å². The van der Waals surface area contributed by atoms with Crippen molar-refractivity contribution in [3.05, 3.63) is 6.92 Å². The van der Waals surface area contributed by atoms with Crippen LogP contribution in [-0.4, -0.2) is 13.1 Å². The Morgan fingerprint density at radius 1 is 1.00 bits per heavy atom. The average Bonchev–Trinajstić information content (AvgIpc) is 2.19. The van der Waals surface area contributed by atoms with Crippen molar-refractivity contribution in [2.75, 3.05) is 13.1 Å². The molecule has 13 heavy (non-hydrogen) atoms. The van der Waals surface area contributed by atoms with Crippen LogP contribution in [-0.2, 0) is 0 Å². The quantitative estimate of drug-likeness (QED) is 0.622. The largest absolute Gasteiger partial charge is 0.317 e. The zero-order chi connectivity index (χ0) is 9.36. The molecule has 0 spiro atoms. The molecule has 1 N–H and O–H groups in total. The minimum absolute atomic E-state index is 1.03. The van der Waals surface area contributed by atoms with Gasteiger partial charge in [0.25, 0.3) is 0 Å². The van der Waals surface area contributed by atoms with E-state index in [0.717, 1.165) is 12.3 Å². The van der Waals surface area contributed by atoms with Crippen molar-refractivity contribution >= 4 is 0 Å². The van der Waals surface area contributed by atoms with E-state index >= 15 is 0 Å². The maximum absolute atomic E-state index is 3.86. The number of piperidine rings is 1. The molecule has 1 saturated heterocycles. The van der Waals surface area contributed by atoms with Gasteiger partial charge in [-0.1, -0.05) is 45.4 Å². The summed E-state index contributed by atoms with van der Waals surface area (Å²) < 4.78 is 0. The van der Waals surface area contributed by atoms with Gasteiger partial charge < -0.3 is 5.32 Å². The summed E-state index contributed by atoms with van der Waals surface area (Å²) in [5.41, 5.74) is 0. The molecule has 1 heteroatoms. The number of hydrogen-bond donors (Lipinski definition) is 1. The fourth-order valence-corrected chi connectivity index (χ4v) is 2.13. The van der Waals surface area contributed by atoms with E-state index in [9.17, 15) is 0 Å². The van der Waals surface area contributed by atoms with Crippen LogP contribution in [0.2, 0.25) is 0 Å². The van der Waals surface area contributed by atoms with Crippen LogP contribution in [0.5, 0.6) is 0 Å². The predicted molar refractivity (Wildman–Crippen MR) is 58.7 cm³/mol. The van der Waals surface area contributed by atoms with E-state index in [1.165, 1.54) is 58.0 Å². The Morgan fingerprint density at radius 2 is 1.69 bits per heavy atom. The van der Waals surface area contributed by atoms with Crippen LogP contribution in [0.4, 0.5) is 0 Å². The van der Waals surface area contributed by atoms with Gasteiger partial charge >= 0.3 is 0 Å². The van der Waals surface area contributed by atoms with Gasteiger partial charge in [-0.05, 0) is 31.8 Å². The number of hydrogen-bond acceptors (Lipinski definition) is 1. The van der Waals surface area contributed by atoms with Crippen LogP contribution in [0.1, 0.15) is 51.4 Å². The Bertz CT molecular complexity index is 106. The lowest BCUT2D eigenvalue weighted by molar-refractivity contribution is 0.342. The van der Waals surface area contributed by atoms with Crippen molar-refractivity contribution < 1.29 is 0 Å². The third kappa shape index (κ3) is 5.30. The molecule has 0 aromatic heterocycles. The predicted octanol–water partition coefficient (Wildman–Crippen LogP) is 3.16. The lowest BCUT2D eigenvalue weighted by Crippen LogP contribution is -2.27. The standard InChI is InChI=1S/C12H24N/c1-2-3-4-5-6-7-12-8-10-13-11-9-12/h12-13H,1-11H2. The average molecular weight is 182 g/mol. The second-order valence-corrected chi connectivity index (χ2v) is 4.25. The van der Waals surface area contributed by atoms with E-state index in [1.54, 1.807) is 0 Å². The highest BCUT2D eigenvalue weighted by atomic mass is 14.9. The highest BCUT2D eigenvalue weighted by Crippen LogP contribution is 2.19. The number of nitrogens with one attached hydrogen (secondary N) is 1. The molecule has 0 atom stereocenters. The van der Waals surface area contributed by atoms with Crippen LogP contribution in [0.25, 0.3) is 0 Å². The summed E-state index contributed by atoms with van der Waals surface area (Å²) in [7, 11) is 0. The van der Waals surface area contributed by atoms with Crippen LogP contribution < -0.4 is 5.32 Å². The van der Waals surface area contributed by atoms with Crippen molar-refractivity contribution in [2.24, 2.45) is 5.92 Å². The monoisotopic (exact) mass is 182 g/mol. The molecule has 0 aromatic carbocycles. The maximum atomic E-state index is 3.86. The molecule has 0 unspecified atom stereocenters. The summed E-state index contributed by atoms with van der Waals surface area (Å²) in [5.74, 6) is 1.03. The summed E-state index contributed by atoms with van der Waals surface area (Å²) in [6.45, 7) is 6.37. The molecule has 1 heterocycles. The maximum Gasteiger partial charge on any atom is -0.00463 e. The van der Waals surface area contributed by atoms with Crippen LogP contribution >= 0.6 is 0 Å². The number of unbranched alkanes of at least 4 members (excludes halogenated alkanes) is 4. The van der Waals surface area contributed by atoms with Crippen LogP contribution in [0, 0.1) is 12.8 Å². The SMILES string of the molecule is [CH2]CCCCCCC1CCNCC1. The third-order valence-electron chi connectivity index (χ3n) is 3.07. The van der Waals surface area contributed by atoms with Crippen molar-refractivity contribution in [2.45, 2.75) is 51.4 Å². The highest BCUT2D eigenvalue weighted by Gasteiger charge is 2.11. The first kappa shape index (κ1) is 11.0. The summed E-state index contributed by atoms with van der Waals surface area (Å²) >= 11 is 0. The minimum Gasteiger partial charge on any atom is -0.317 e. The fraction of sp³-hybridized carbons (Fsp3) is 0.917. The Hall–Kier alpha value is -0.0400. The third-order valence-corrected chi connectivity index (χ3v) is 3.07. The molecule has 0 amide bonds. The van der Waals surface area contributed by atoms with E-state index in [4.69, 9.17) is 0 Å². The zero-order valence-electron chi connectivity index (χ0n) is 8.86. The molecule has 1 radical (unpaired) electrons. The van der Waals surface area contributed by atoms with Gasteiger partial charge in [0.05, 0.1) is 0 Å². The van der Waals surface area contributed by atoms with E-state index in [0.29, 0.717) is 0 Å². The molecule has 1 nitrogen and oxygen atoms in total. The van der Waals surface area contributed by atoms with Crippen molar-refractivity contribution in [3.8, 4) is 0 Å². The second-order valence-electron chi connectivity index (χ2n) is 4.25. The highest BCUT2D eigenvalue weighted by molar-refractivity contribution is 4.68. The molecular formula is C12H24N. The molecule has 77 valence electrons. The molecular weight excluding hydrogens is 158 g/mol. The first-order valence-corrected chi connectivity index (χ1v) is 5.93. The normalized spacial score (nSPS) is 19.2. The van der Waals surface area contributed by atoms with E-state index < -0.39 is 0 Å². The van der Waals surface area contributed by atoms with Crippen LogP contribution in [0.3, 0.4) is 0 Å². The Balaban J connectivity index is 1.86. The van der Waals surface area contributed by atoms with E-state index in [-0.39, 0.29) is 0 Å². The molecule has 1 aliphatic heterocycles. The Kier molecular flexibility index (Phi) is 6.26. The van der Waals surface area contributed by atoms with Gasteiger partial charge in [-0.15, -0.1) is 0 Å². The fourth-order valence-electron chi connectivity index (χ4n) is 2.13. The number of rotatable bonds is 6. The van der Waals surface area contributed by atoms with Gasteiger partial charge in [0.1, 0.15) is 0 Å². The van der Waals surface area contributed by atoms with Crippen molar-refractivity contribution in [1.29, 1.82) is 0 Å². The smallest absolute Gasteiger partial charge is 0.00463 e. The van der Waals surface area contributed by atoms with Crippen LogP contribution in [0.15, 0.2) is 0 Å². The molecule has 0 aromatic rings. The van der Waals surface area contributed by atoms with Gasteiger partial charge in [0.15, 0.2) is 0 Å². The first-order valence-electron chi connectivity index (χ1n) is 5.93. The van der Waals surface area contributed by atoms with Gasteiger partial charge in [0.2, 0.25) is 0 Å². The molecule has 0 saturated carbocycles. The Labute approximate surface area is 83.3 Å². The van der Waals surface area contributed by atoms with Crippen molar-refractivity contribution in [1.82, 2.24) is 5.32 Å². The lowest BCUT2D eigenvalue weighted by atomic mass is 9.92. The lowest BCUT2D eigenvalue weighted by Gasteiger charge is -2.22. The summed E-state index contributed by atoms with van der Waals surface area (Å²) in [6, 6.07) is 0. The second kappa shape index (κ2) is 7.37. The van der Waals surface area contributed by atoms with E-state index in [1.807, 2.05) is 0 Å². The Morgan fingerprint density at radius 3 is 2.38 bits per heavy atom. The molecule has 0 bridgehead atoms.